The normalized spacial score (nSPS) is 13.8. The van der Waals surface area contributed by atoms with Gasteiger partial charge in [0.2, 0.25) is 0 Å². The average Bonchev–Trinajstić information content (AvgIpc) is 2.17. The number of hydrogen-bond donors (Lipinski definition) is 1. The standard InChI is InChI=1S/C12H21N3O/c1-5-16-12(3,4)11-14-7-10(8-15-11)6-9(2)13/h7-9H,5-6,13H2,1-4H3. The number of aromatic nitrogens is 2. The average molecular weight is 223 g/mol. The third-order valence-corrected chi connectivity index (χ3v) is 2.31. The maximum atomic E-state index is 5.72. The zero-order chi connectivity index (χ0) is 12.2. The van der Waals surface area contributed by atoms with Crippen LogP contribution >= 0.6 is 0 Å². The third-order valence-electron chi connectivity index (χ3n) is 2.31. The van der Waals surface area contributed by atoms with Gasteiger partial charge >= 0.3 is 0 Å². The molecule has 0 aliphatic carbocycles. The van der Waals surface area contributed by atoms with Crippen molar-refractivity contribution in [2.75, 3.05) is 6.61 Å². The molecule has 0 bridgehead atoms. The van der Waals surface area contributed by atoms with Gasteiger partial charge in [0.25, 0.3) is 0 Å². The van der Waals surface area contributed by atoms with E-state index in [-0.39, 0.29) is 6.04 Å². The summed E-state index contributed by atoms with van der Waals surface area (Å²) >= 11 is 0. The van der Waals surface area contributed by atoms with Crippen molar-refractivity contribution >= 4 is 0 Å². The molecule has 1 rings (SSSR count). The molecule has 0 aliphatic rings. The van der Waals surface area contributed by atoms with E-state index in [2.05, 4.69) is 9.97 Å². The second-order valence-electron chi connectivity index (χ2n) is 4.54. The Bertz CT molecular complexity index is 320. The molecule has 0 aliphatic heterocycles. The van der Waals surface area contributed by atoms with Crippen molar-refractivity contribution in [3.8, 4) is 0 Å². The number of hydrogen-bond acceptors (Lipinski definition) is 4. The molecule has 4 heteroatoms. The Hall–Kier alpha value is -1.00. The lowest BCUT2D eigenvalue weighted by molar-refractivity contribution is -0.0208. The lowest BCUT2D eigenvalue weighted by Crippen LogP contribution is -2.25. The largest absolute Gasteiger partial charge is 0.368 e. The van der Waals surface area contributed by atoms with Gasteiger partial charge in [-0.15, -0.1) is 0 Å². The molecular formula is C12H21N3O. The molecule has 1 aromatic rings. The molecule has 1 aromatic heterocycles. The zero-order valence-corrected chi connectivity index (χ0v) is 10.5. The minimum absolute atomic E-state index is 0.134. The Labute approximate surface area is 97.2 Å². The molecule has 0 spiro atoms. The maximum absolute atomic E-state index is 5.72. The fourth-order valence-corrected chi connectivity index (χ4v) is 1.57. The predicted octanol–water partition coefficient (Wildman–Crippen LogP) is 1.64. The molecule has 2 N–H and O–H groups in total. The van der Waals surface area contributed by atoms with Crippen molar-refractivity contribution in [3.63, 3.8) is 0 Å². The molecule has 0 saturated carbocycles. The topological polar surface area (TPSA) is 61.0 Å². The first kappa shape index (κ1) is 13.1. The van der Waals surface area contributed by atoms with Crippen LogP contribution in [0.3, 0.4) is 0 Å². The van der Waals surface area contributed by atoms with Crippen LogP contribution in [0, 0.1) is 0 Å². The van der Waals surface area contributed by atoms with Crippen LogP contribution in [-0.2, 0) is 16.8 Å². The van der Waals surface area contributed by atoms with Gasteiger partial charge in [-0.05, 0) is 39.7 Å². The first-order chi connectivity index (χ1) is 7.45. The summed E-state index contributed by atoms with van der Waals surface area (Å²) in [6, 6.07) is 0.134. The van der Waals surface area contributed by atoms with Gasteiger partial charge in [0, 0.05) is 25.0 Å². The fraction of sp³-hybridized carbons (Fsp3) is 0.667. The molecule has 90 valence electrons. The quantitative estimate of drug-likeness (QED) is 0.824. The molecule has 0 aromatic carbocycles. The summed E-state index contributed by atoms with van der Waals surface area (Å²) in [4.78, 5) is 8.66. The van der Waals surface area contributed by atoms with Gasteiger partial charge in [-0.2, -0.15) is 0 Å². The predicted molar refractivity (Wildman–Crippen MR) is 64.0 cm³/mol. The first-order valence-electron chi connectivity index (χ1n) is 5.66. The van der Waals surface area contributed by atoms with Crippen molar-refractivity contribution < 1.29 is 4.74 Å². The molecule has 1 heterocycles. The number of ether oxygens (including phenoxy) is 1. The zero-order valence-electron chi connectivity index (χ0n) is 10.5. The minimum atomic E-state index is -0.429. The van der Waals surface area contributed by atoms with Crippen molar-refractivity contribution in [3.05, 3.63) is 23.8 Å². The highest BCUT2D eigenvalue weighted by molar-refractivity contribution is 5.09. The molecule has 4 nitrogen and oxygen atoms in total. The smallest absolute Gasteiger partial charge is 0.159 e. The highest BCUT2D eigenvalue weighted by atomic mass is 16.5. The highest BCUT2D eigenvalue weighted by Crippen LogP contribution is 2.20. The lowest BCUT2D eigenvalue weighted by atomic mass is 10.1. The lowest BCUT2D eigenvalue weighted by Gasteiger charge is -2.22. The summed E-state index contributed by atoms with van der Waals surface area (Å²) in [5, 5.41) is 0. The summed E-state index contributed by atoms with van der Waals surface area (Å²) in [5.41, 5.74) is 6.35. The Balaban J connectivity index is 2.78. The second kappa shape index (κ2) is 5.37. The van der Waals surface area contributed by atoms with E-state index < -0.39 is 5.60 Å². The number of rotatable bonds is 5. The summed E-state index contributed by atoms with van der Waals surface area (Å²) in [6.07, 6.45) is 4.45. The van der Waals surface area contributed by atoms with Crippen LogP contribution in [0.4, 0.5) is 0 Å². The molecular weight excluding hydrogens is 202 g/mol. The monoisotopic (exact) mass is 223 g/mol. The molecule has 16 heavy (non-hydrogen) atoms. The number of nitrogens with two attached hydrogens (primary N) is 1. The maximum Gasteiger partial charge on any atom is 0.159 e. The SMILES string of the molecule is CCOC(C)(C)c1ncc(CC(C)N)cn1. The van der Waals surface area contributed by atoms with Gasteiger partial charge in [0.05, 0.1) is 0 Å². The second-order valence-corrected chi connectivity index (χ2v) is 4.54. The van der Waals surface area contributed by atoms with Crippen LogP contribution in [0.2, 0.25) is 0 Å². The van der Waals surface area contributed by atoms with E-state index in [1.54, 1.807) is 0 Å². The summed E-state index contributed by atoms with van der Waals surface area (Å²) in [7, 11) is 0. The van der Waals surface area contributed by atoms with Crippen LogP contribution < -0.4 is 5.73 Å². The summed E-state index contributed by atoms with van der Waals surface area (Å²) in [6.45, 7) is 8.52. The Morgan fingerprint density at radius 2 is 1.94 bits per heavy atom. The molecule has 0 saturated heterocycles. The van der Waals surface area contributed by atoms with E-state index >= 15 is 0 Å². The van der Waals surface area contributed by atoms with Gasteiger partial charge in [-0.3, -0.25) is 0 Å². The van der Waals surface area contributed by atoms with Crippen LogP contribution in [0.15, 0.2) is 12.4 Å². The van der Waals surface area contributed by atoms with Crippen molar-refractivity contribution in [2.24, 2.45) is 5.73 Å². The molecule has 0 fully saturated rings. The summed E-state index contributed by atoms with van der Waals surface area (Å²) < 4.78 is 5.59. The van der Waals surface area contributed by atoms with E-state index in [9.17, 15) is 0 Å². The van der Waals surface area contributed by atoms with Gasteiger partial charge in [0.15, 0.2) is 5.82 Å². The van der Waals surface area contributed by atoms with Crippen LogP contribution in [0.5, 0.6) is 0 Å². The van der Waals surface area contributed by atoms with Gasteiger partial charge in [0.1, 0.15) is 5.60 Å². The number of nitrogens with zero attached hydrogens (tertiary/aromatic N) is 2. The summed E-state index contributed by atoms with van der Waals surface area (Å²) in [5.74, 6) is 0.711. The Morgan fingerprint density at radius 3 is 2.38 bits per heavy atom. The fourth-order valence-electron chi connectivity index (χ4n) is 1.57. The first-order valence-corrected chi connectivity index (χ1v) is 5.66. The van der Waals surface area contributed by atoms with E-state index in [0.29, 0.717) is 12.4 Å². The van der Waals surface area contributed by atoms with Crippen molar-refractivity contribution in [1.29, 1.82) is 0 Å². The minimum Gasteiger partial charge on any atom is -0.368 e. The van der Waals surface area contributed by atoms with E-state index in [4.69, 9.17) is 10.5 Å². The van der Waals surface area contributed by atoms with E-state index in [1.807, 2.05) is 40.1 Å². The molecule has 1 atom stereocenters. The third kappa shape index (κ3) is 3.54. The van der Waals surface area contributed by atoms with Gasteiger partial charge in [-0.25, -0.2) is 9.97 Å². The van der Waals surface area contributed by atoms with Gasteiger partial charge in [-0.1, -0.05) is 0 Å². The highest BCUT2D eigenvalue weighted by Gasteiger charge is 2.23. The molecule has 1 unspecified atom stereocenters. The Kier molecular flexibility index (Phi) is 4.38. The van der Waals surface area contributed by atoms with Crippen LogP contribution in [-0.4, -0.2) is 22.6 Å². The van der Waals surface area contributed by atoms with Crippen molar-refractivity contribution in [2.45, 2.75) is 45.8 Å². The molecule has 0 amide bonds. The van der Waals surface area contributed by atoms with Crippen molar-refractivity contribution in [1.82, 2.24) is 9.97 Å². The molecule has 0 radical (unpaired) electrons. The van der Waals surface area contributed by atoms with E-state index in [0.717, 1.165) is 12.0 Å². The van der Waals surface area contributed by atoms with Crippen LogP contribution in [0.25, 0.3) is 0 Å². The van der Waals surface area contributed by atoms with E-state index in [1.165, 1.54) is 0 Å². The Morgan fingerprint density at radius 1 is 1.38 bits per heavy atom. The van der Waals surface area contributed by atoms with Crippen LogP contribution in [0.1, 0.15) is 39.1 Å². The van der Waals surface area contributed by atoms with Gasteiger partial charge < -0.3 is 10.5 Å².